The molecule has 0 bridgehead atoms. The van der Waals surface area contributed by atoms with E-state index in [1.54, 1.807) is 16.8 Å². The van der Waals surface area contributed by atoms with Gasteiger partial charge in [-0.3, -0.25) is 0 Å². The molecule has 0 spiro atoms. The zero-order valence-corrected chi connectivity index (χ0v) is 16.4. The van der Waals surface area contributed by atoms with Crippen molar-refractivity contribution in [2.24, 2.45) is 5.73 Å². The minimum Gasteiger partial charge on any atom is -0.398 e. The van der Waals surface area contributed by atoms with E-state index in [1.165, 1.54) is 0 Å². The third-order valence-corrected chi connectivity index (χ3v) is 5.36. The van der Waals surface area contributed by atoms with Crippen molar-refractivity contribution in [1.29, 1.82) is 0 Å². The fourth-order valence-electron chi connectivity index (χ4n) is 3.41. The highest BCUT2D eigenvalue weighted by Crippen LogP contribution is 2.28. The van der Waals surface area contributed by atoms with Crippen molar-refractivity contribution >= 4 is 45.9 Å². The number of anilines is 4. The molecule has 3 aromatic rings. The summed E-state index contributed by atoms with van der Waals surface area (Å²) in [5.74, 6) is 1.12. The first-order valence-electron chi connectivity index (χ1n) is 9.49. The fraction of sp³-hybridized carbons (Fsp3) is 0.444. The molecule has 1 aromatic carbocycles. The Balaban J connectivity index is 1.67. The number of nitrogens with two attached hydrogens (primary N) is 2. The summed E-state index contributed by atoms with van der Waals surface area (Å²) in [6, 6.07) is 5.94. The van der Waals surface area contributed by atoms with Crippen molar-refractivity contribution in [3.8, 4) is 0 Å². The zero-order valence-electron chi connectivity index (χ0n) is 15.7. The van der Waals surface area contributed by atoms with E-state index in [0.29, 0.717) is 52.3 Å². The Bertz CT molecular complexity index is 979. The number of rotatable bonds is 5. The van der Waals surface area contributed by atoms with Crippen molar-refractivity contribution in [3.63, 3.8) is 0 Å². The smallest absolute Gasteiger partial charge is 0.227 e. The maximum atomic E-state index is 6.14. The van der Waals surface area contributed by atoms with Crippen molar-refractivity contribution in [2.75, 3.05) is 16.4 Å². The van der Waals surface area contributed by atoms with Gasteiger partial charge in [-0.1, -0.05) is 16.8 Å². The standard InChI is InChI=1S/C18H24ClN9/c1-2-28-17-15(26-27-28)16(22-12-7-8-14(21)13(19)9-12)24-18(25-17)23-11-5-3-10(20)4-6-11/h7-11H,2-6,20-21H2,1H3,(H2,22,23,24,25). The molecular formula is C18H24ClN9. The lowest BCUT2D eigenvalue weighted by atomic mass is 9.92. The summed E-state index contributed by atoms with van der Waals surface area (Å²) in [4.78, 5) is 9.31. The summed E-state index contributed by atoms with van der Waals surface area (Å²) >= 11 is 6.14. The monoisotopic (exact) mass is 401 g/mol. The van der Waals surface area contributed by atoms with E-state index in [9.17, 15) is 0 Å². The van der Waals surface area contributed by atoms with Gasteiger partial charge in [-0.15, -0.1) is 5.10 Å². The number of aryl methyl sites for hydroxylation is 1. The highest BCUT2D eigenvalue weighted by molar-refractivity contribution is 6.33. The summed E-state index contributed by atoms with van der Waals surface area (Å²) < 4.78 is 1.75. The fourth-order valence-corrected chi connectivity index (χ4v) is 3.59. The molecule has 10 heteroatoms. The average molecular weight is 402 g/mol. The molecule has 1 saturated carbocycles. The SMILES string of the molecule is CCn1nnc2c(Nc3ccc(N)c(Cl)c3)nc(NC3CCC(N)CC3)nc21. The van der Waals surface area contributed by atoms with E-state index >= 15 is 0 Å². The highest BCUT2D eigenvalue weighted by atomic mass is 35.5. The summed E-state index contributed by atoms with van der Waals surface area (Å²) in [5.41, 5.74) is 14.4. The first kappa shape index (κ1) is 18.7. The molecule has 0 unspecified atom stereocenters. The van der Waals surface area contributed by atoms with Crippen LogP contribution in [0.3, 0.4) is 0 Å². The second-order valence-corrected chi connectivity index (χ2v) is 7.50. The molecule has 0 atom stereocenters. The van der Waals surface area contributed by atoms with Gasteiger partial charge in [0, 0.05) is 24.3 Å². The third-order valence-electron chi connectivity index (χ3n) is 5.03. The quantitative estimate of drug-likeness (QED) is 0.479. The number of benzene rings is 1. The second-order valence-electron chi connectivity index (χ2n) is 7.09. The maximum absolute atomic E-state index is 6.14. The van der Waals surface area contributed by atoms with E-state index in [0.717, 1.165) is 31.4 Å². The Labute approximate surface area is 167 Å². The van der Waals surface area contributed by atoms with Gasteiger partial charge < -0.3 is 22.1 Å². The van der Waals surface area contributed by atoms with Gasteiger partial charge >= 0.3 is 0 Å². The Morgan fingerprint density at radius 1 is 1.21 bits per heavy atom. The Morgan fingerprint density at radius 3 is 2.71 bits per heavy atom. The number of aromatic nitrogens is 5. The lowest BCUT2D eigenvalue weighted by Gasteiger charge is -2.26. The molecule has 0 amide bonds. The van der Waals surface area contributed by atoms with E-state index in [4.69, 9.17) is 23.1 Å². The van der Waals surface area contributed by atoms with Crippen molar-refractivity contribution in [3.05, 3.63) is 23.2 Å². The highest BCUT2D eigenvalue weighted by Gasteiger charge is 2.21. The summed E-state index contributed by atoms with van der Waals surface area (Å²) in [6.07, 6.45) is 4.02. The average Bonchev–Trinajstić information content (AvgIpc) is 3.10. The molecule has 2 aromatic heterocycles. The summed E-state index contributed by atoms with van der Waals surface area (Å²) in [6.45, 7) is 2.66. The molecule has 0 aliphatic heterocycles. The second kappa shape index (κ2) is 7.76. The molecule has 9 nitrogen and oxygen atoms in total. The first-order valence-corrected chi connectivity index (χ1v) is 9.86. The Kier molecular flexibility index (Phi) is 5.19. The lowest BCUT2D eigenvalue weighted by molar-refractivity contribution is 0.410. The van der Waals surface area contributed by atoms with Crippen LogP contribution in [-0.2, 0) is 6.54 Å². The molecule has 1 fully saturated rings. The number of nitrogen functional groups attached to an aromatic ring is 1. The van der Waals surface area contributed by atoms with Crippen molar-refractivity contribution in [1.82, 2.24) is 25.0 Å². The molecule has 1 aliphatic carbocycles. The number of hydrogen-bond acceptors (Lipinski definition) is 8. The van der Waals surface area contributed by atoms with E-state index in [-0.39, 0.29) is 0 Å². The van der Waals surface area contributed by atoms with Crippen LogP contribution in [0, 0.1) is 0 Å². The van der Waals surface area contributed by atoms with Gasteiger partial charge in [0.05, 0.1) is 10.7 Å². The number of nitrogens with zero attached hydrogens (tertiary/aromatic N) is 5. The van der Waals surface area contributed by atoms with Crippen LogP contribution in [0.25, 0.3) is 11.2 Å². The molecule has 148 valence electrons. The van der Waals surface area contributed by atoms with Gasteiger partial charge in [0.2, 0.25) is 5.95 Å². The minimum absolute atomic E-state index is 0.291. The van der Waals surface area contributed by atoms with Crippen LogP contribution in [0.15, 0.2) is 18.2 Å². The molecule has 2 heterocycles. The van der Waals surface area contributed by atoms with Gasteiger partial charge in [-0.25, -0.2) is 4.68 Å². The van der Waals surface area contributed by atoms with Gasteiger partial charge in [-0.2, -0.15) is 9.97 Å². The Hall–Kier alpha value is -2.65. The van der Waals surface area contributed by atoms with Crippen molar-refractivity contribution in [2.45, 2.75) is 51.2 Å². The molecular weight excluding hydrogens is 378 g/mol. The first-order chi connectivity index (χ1) is 13.5. The van der Waals surface area contributed by atoms with E-state index in [2.05, 4.69) is 30.9 Å². The maximum Gasteiger partial charge on any atom is 0.227 e. The van der Waals surface area contributed by atoms with E-state index in [1.807, 2.05) is 13.0 Å². The summed E-state index contributed by atoms with van der Waals surface area (Å²) in [7, 11) is 0. The topological polar surface area (TPSA) is 133 Å². The number of hydrogen-bond donors (Lipinski definition) is 4. The van der Waals surface area contributed by atoms with Crippen LogP contribution < -0.4 is 22.1 Å². The Morgan fingerprint density at radius 2 is 2.00 bits per heavy atom. The van der Waals surface area contributed by atoms with Crippen LogP contribution in [0.1, 0.15) is 32.6 Å². The predicted molar refractivity (Wildman–Crippen MR) is 112 cm³/mol. The molecule has 4 rings (SSSR count). The molecule has 28 heavy (non-hydrogen) atoms. The van der Waals surface area contributed by atoms with E-state index < -0.39 is 0 Å². The van der Waals surface area contributed by atoms with Gasteiger partial charge in [-0.05, 0) is 50.8 Å². The van der Waals surface area contributed by atoms with Crippen LogP contribution in [0.5, 0.6) is 0 Å². The lowest BCUT2D eigenvalue weighted by Crippen LogP contribution is -2.33. The normalized spacial score (nSPS) is 19.7. The largest absolute Gasteiger partial charge is 0.398 e. The number of nitrogens with one attached hydrogen (secondary N) is 2. The molecule has 6 N–H and O–H groups in total. The predicted octanol–water partition coefficient (Wildman–Crippen LogP) is 2.90. The third kappa shape index (κ3) is 3.81. The number of halogens is 1. The zero-order chi connectivity index (χ0) is 19.7. The van der Waals surface area contributed by atoms with Crippen LogP contribution in [0.4, 0.5) is 23.1 Å². The van der Waals surface area contributed by atoms with Gasteiger partial charge in [0.1, 0.15) is 0 Å². The van der Waals surface area contributed by atoms with Crippen LogP contribution in [-0.4, -0.2) is 37.0 Å². The van der Waals surface area contributed by atoms with Gasteiger partial charge in [0.15, 0.2) is 17.0 Å². The van der Waals surface area contributed by atoms with Crippen molar-refractivity contribution < 1.29 is 0 Å². The molecule has 0 radical (unpaired) electrons. The van der Waals surface area contributed by atoms with Crippen LogP contribution in [0.2, 0.25) is 5.02 Å². The minimum atomic E-state index is 0.291. The van der Waals surface area contributed by atoms with Crippen LogP contribution >= 0.6 is 11.6 Å². The van der Waals surface area contributed by atoms with Gasteiger partial charge in [0.25, 0.3) is 0 Å². The summed E-state index contributed by atoms with van der Waals surface area (Å²) in [5, 5.41) is 15.6. The number of fused-ring (bicyclic) bond motifs is 1. The molecule has 1 aliphatic rings. The molecule has 0 saturated heterocycles.